The molecule has 1 heterocycles. The highest BCUT2D eigenvalue weighted by atomic mass is 79.9. The van der Waals surface area contributed by atoms with E-state index in [1.165, 1.54) is 41.5 Å². The third kappa shape index (κ3) is 3.33. The Morgan fingerprint density at radius 1 is 1.41 bits per heavy atom. The van der Waals surface area contributed by atoms with Crippen molar-refractivity contribution < 1.29 is 0 Å². The van der Waals surface area contributed by atoms with Crippen LogP contribution in [0.4, 0.5) is 0 Å². The zero-order chi connectivity index (χ0) is 12.3. The van der Waals surface area contributed by atoms with Crippen LogP contribution < -0.4 is 5.32 Å². The van der Waals surface area contributed by atoms with Crippen LogP contribution >= 0.6 is 27.3 Å². The molecule has 17 heavy (non-hydrogen) atoms. The summed E-state index contributed by atoms with van der Waals surface area (Å²) in [6, 6.07) is 2.83. The number of rotatable bonds is 4. The average Bonchev–Trinajstić information content (AvgIpc) is 2.78. The van der Waals surface area contributed by atoms with Crippen molar-refractivity contribution in [2.75, 3.05) is 7.05 Å². The maximum atomic E-state index is 3.56. The van der Waals surface area contributed by atoms with Gasteiger partial charge >= 0.3 is 0 Å². The first-order valence-electron chi connectivity index (χ1n) is 6.65. The van der Waals surface area contributed by atoms with Crippen LogP contribution in [0.2, 0.25) is 0 Å². The van der Waals surface area contributed by atoms with Gasteiger partial charge in [0.25, 0.3) is 0 Å². The van der Waals surface area contributed by atoms with E-state index in [2.05, 4.69) is 46.7 Å². The van der Waals surface area contributed by atoms with E-state index in [1.807, 2.05) is 11.3 Å². The summed E-state index contributed by atoms with van der Waals surface area (Å²) >= 11 is 5.43. The molecule has 0 spiro atoms. The first kappa shape index (κ1) is 13.6. The third-order valence-corrected chi connectivity index (χ3v) is 5.92. The Morgan fingerprint density at radius 2 is 2.12 bits per heavy atom. The van der Waals surface area contributed by atoms with E-state index in [0.29, 0.717) is 6.04 Å². The van der Waals surface area contributed by atoms with Crippen LogP contribution in [-0.2, 0) is 0 Å². The van der Waals surface area contributed by atoms with Crippen molar-refractivity contribution in [3.05, 3.63) is 20.8 Å². The van der Waals surface area contributed by atoms with Gasteiger partial charge in [-0.2, -0.15) is 0 Å². The second-order valence-corrected chi connectivity index (χ2v) is 6.98. The monoisotopic (exact) mass is 315 g/mol. The molecule has 1 aromatic heterocycles. The summed E-state index contributed by atoms with van der Waals surface area (Å²) in [6.45, 7) is 2.33. The van der Waals surface area contributed by atoms with Crippen molar-refractivity contribution in [3.8, 4) is 0 Å². The maximum Gasteiger partial charge on any atom is 0.0441 e. The summed E-state index contributed by atoms with van der Waals surface area (Å²) in [7, 11) is 2.10. The summed E-state index contributed by atoms with van der Waals surface area (Å²) in [5, 5.41) is 5.72. The molecule has 1 nitrogen and oxygen atoms in total. The first-order chi connectivity index (χ1) is 8.24. The molecule has 1 N–H and O–H groups in total. The topological polar surface area (TPSA) is 12.0 Å². The minimum Gasteiger partial charge on any atom is -0.312 e. The Hall–Kier alpha value is 0.140. The molecule has 96 valence electrons. The summed E-state index contributed by atoms with van der Waals surface area (Å²) in [5.74, 6) is 1.81. The van der Waals surface area contributed by atoms with Crippen molar-refractivity contribution in [2.24, 2.45) is 11.8 Å². The van der Waals surface area contributed by atoms with E-state index in [4.69, 9.17) is 0 Å². The first-order valence-corrected chi connectivity index (χ1v) is 8.33. The maximum absolute atomic E-state index is 3.56. The van der Waals surface area contributed by atoms with Crippen LogP contribution in [0.3, 0.4) is 0 Å². The highest BCUT2D eigenvalue weighted by Gasteiger charge is 2.27. The molecule has 0 saturated heterocycles. The summed E-state index contributed by atoms with van der Waals surface area (Å²) in [4.78, 5) is 1.49. The van der Waals surface area contributed by atoms with Crippen molar-refractivity contribution in [3.63, 3.8) is 0 Å². The van der Waals surface area contributed by atoms with Crippen molar-refractivity contribution >= 4 is 27.3 Å². The lowest BCUT2D eigenvalue weighted by molar-refractivity contribution is 0.226. The number of nitrogens with one attached hydrogen (secondary N) is 1. The summed E-state index contributed by atoms with van der Waals surface area (Å²) in [6.07, 6.45) is 6.98. The molecular formula is C14H22BrNS. The molecule has 0 bridgehead atoms. The van der Waals surface area contributed by atoms with Crippen LogP contribution in [0.25, 0.3) is 0 Å². The standard InChI is InChI=1S/C14H22BrNS/c1-3-10-4-6-11(7-5-10)14(16-2)13-8-12(15)9-17-13/h8-11,14,16H,3-7H2,1-2H3. The molecule has 3 heteroatoms. The Balaban J connectivity index is 2.00. The van der Waals surface area contributed by atoms with Crippen LogP contribution in [0.1, 0.15) is 49.9 Å². The van der Waals surface area contributed by atoms with Gasteiger partial charge in [0.05, 0.1) is 0 Å². The minimum atomic E-state index is 0.559. The second kappa shape index (κ2) is 6.35. The lowest BCUT2D eigenvalue weighted by Crippen LogP contribution is -2.28. The lowest BCUT2D eigenvalue weighted by Gasteiger charge is -2.33. The van der Waals surface area contributed by atoms with Crippen LogP contribution in [0.15, 0.2) is 15.9 Å². The SMILES string of the molecule is CCC1CCC(C(NC)c2cc(Br)cs2)CC1. The number of hydrogen-bond acceptors (Lipinski definition) is 2. The number of thiophene rings is 1. The fourth-order valence-electron chi connectivity index (χ4n) is 3.03. The van der Waals surface area contributed by atoms with Gasteiger partial charge < -0.3 is 5.32 Å². The summed E-state index contributed by atoms with van der Waals surface area (Å²) < 4.78 is 1.22. The molecule has 0 amide bonds. The third-order valence-electron chi connectivity index (χ3n) is 4.15. The average molecular weight is 316 g/mol. The van der Waals surface area contributed by atoms with E-state index in [0.717, 1.165) is 11.8 Å². The smallest absolute Gasteiger partial charge is 0.0441 e. The van der Waals surface area contributed by atoms with Gasteiger partial charge in [-0.15, -0.1) is 11.3 Å². The molecular weight excluding hydrogens is 294 g/mol. The quantitative estimate of drug-likeness (QED) is 0.825. The Morgan fingerprint density at radius 3 is 2.59 bits per heavy atom. The predicted molar refractivity (Wildman–Crippen MR) is 79.6 cm³/mol. The molecule has 1 aliphatic carbocycles. The van der Waals surface area contributed by atoms with Gasteiger partial charge in [-0.05, 0) is 53.7 Å². The van der Waals surface area contributed by atoms with Gasteiger partial charge in [0.1, 0.15) is 0 Å². The predicted octanol–water partition coefficient (Wildman–Crippen LogP) is 4.99. The van der Waals surface area contributed by atoms with E-state index >= 15 is 0 Å². The van der Waals surface area contributed by atoms with E-state index < -0.39 is 0 Å². The highest BCUT2D eigenvalue weighted by Crippen LogP contribution is 2.39. The minimum absolute atomic E-state index is 0.559. The molecule has 0 aliphatic heterocycles. The second-order valence-electron chi connectivity index (χ2n) is 5.12. The van der Waals surface area contributed by atoms with Crippen LogP contribution in [-0.4, -0.2) is 7.05 Å². The van der Waals surface area contributed by atoms with Crippen molar-refractivity contribution in [2.45, 2.75) is 45.1 Å². The number of halogens is 1. The van der Waals surface area contributed by atoms with E-state index in [-0.39, 0.29) is 0 Å². The molecule has 1 unspecified atom stereocenters. The largest absolute Gasteiger partial charge is 0.312 e. The van der Waals surface area contributed by atoms with Gasteiger partial charge in [-0.25, -0.2) is 0 Å². The van der Waals surface area contributed by atoms with Crippen molar-refractivity contribution in [1.82, 2.24) is 5.32 Å². The molecule has 1 fully saturated rings. The number of hydrogen-bond donors (Lipinski definition) is 1. The normalized spacial score (nSPS) is 27.0. The Bertz CT molecular complexity index is 342. The molecule has 0 radical (unpaired) electrons. The zero-order valence-electron chi connectivity index (χ0n) is 10.7. The molecule has 1 atom stereocenters. The van der Waals surface area contributed by atoms with Gasteiger partial charge in [0.15, 0.2) is 0 Å². The summed E-state index contributed by atoms with van der Waals surface area (Å²) in [5.41, 5.74) is 0. The van der Waals surface area contributed by atoms with Gasteiger partial charge in [-0.3, -0.25) is 0 Å². The molecule has 0 aromatic carbocycles. The van der Waals surface area contributed by atoms with Gasteiger partial charge in [0, 0.05) is 20.8 Å². The molecule has 2 rings (SSSR count). The molecule has 1 aliphatic rings. The van der Waals surface area contributed by atoms with Crippen molar-refractivity contribution in [1.29, 1.82) is 0 Å². The van der Waals surface area contributed by atoms with Gasteiger partial charge in [-0.1, -0.05) is 26.2 Å². The van der Waals surface area contributed by atoms with Gasteiger partial charge in [0.2, 0.25) is 0 Å². The van der Waals surface area contributed by atoms with Crippen LogP contribution in [0, 0.1) is 11.8 Å². The zero-order valence-corrected chi connectivity index (χ0v) is 13.1. The van der Waals surface area contributed by atoms with Crippen LogP contribution in [0.5, 0.6) is 0 Å². The highest BCUT2D eigenvalue weighted by molar-refractivity contribution is 9.10. The van der Waals surface area contributed by atoms with E-state index in [9.17, 15) is 0 Å². The fourth-order valence-corrected chi connectivity index (χ4v) is 4.68. The molecule has 1 saturated carbocycles. The lowest BCUT2D eigenvalue weighted by atomic mass is 9.77. The van der Waals surface area contributed by atoms with E-state index in [1.54, 1.807) is 0 Å². The fraction of sp³-hybridized carbons (Fsp3) is 0.714. The molecule has 1 aromatic rings. The Labute approximate surface area is 117 Å². The Kier molecular flexibility index (Phi) is 5.07.